The molecule has 1 aliphatic heterocycles. The topological polar surface area (TPSA) is 220 Å². The van der Waals surface area contributed by atoms with Gasteiger partial charge in [-0.25, -0.2) is 24.0 Å². The number of nitrogens with zero attached hydrogens (tertiary/aromatic N) is 5. The fourth-order valence-electron chi connectivity index (χ4n) is 8.56. The first-order chi connectivity index (χ1) is 35.3. The molecular weight excluding hydrogens is 965 g/mol. The first-order valence-corrected chi connectivity index (χ1v) is 25.8. The van der Waals surface area contributed by atoms with Crippen LogP contribution in [0.3, 0.4) is 0 Å². The van der Waals surface area contributed by atoms with Gasteiger partial charge in [0.2, 0.25) is 0 Å². The average molecular weight is 1050 g/mol. The molecule has 0 aromatic heterocycles. The van der Waals surface area contributed by atoms with Crippen LogP contribution in [0.5, 0.6) is 0 Å². The molecule has 1 aliphatic rings. The van der Waals surface area contributed by atoms with Crippen LogP contribution in [0.2, 0.25) is 0 Å². The molecular formula is C56H82N6O13. The van der Waals surface area contributed by atoms with Crippen LogP contribution in [-0.4, -0.2) is 156 Å². The third-order valence-electron chi connectivity index (χ3n) is 12.6. The minimum atomic E-state index is -1.51. The number of cyclic esters (lactones) is 4. The standard InChI is InChI=1S/C56H82N6O13/c1-16-27-57-56(70)75-58-48-38(10)71-52(66)43(29-35(4)5)61(14)51(65)47(33-41-25-21-18-22-26-41)74-55(69)45(31-37(8)9)60(13)49(63)39(11)72-53(67)44(30-36(6)7)62(15)50(64)46(32-40-23-19-17-20-24-40)73-54(68)42(59(48)12)28-34(2)3/h16-26,34-39,42-47H,1,27-33H2,2-15H3,(H,57,70)/b58-48+/t38-,39-,42+,43+,44?,45+,46-,47-/m1/s1. The largest absolute Gasteiger partial charge is 0.453 e. The number of nitrogens with one attached hydrogen (secondary N) is 1. The van der Waals surface area contributed by atoms with Crippen LogP contribution in [0.15, 0.2) is 78.5 Å². The summed E-state index contributed by atoms with van der Waals surface area (Å²) in [5.41, 5.74) is 1.26. The average Bonchev–Trinajstić information content (AvgIpc) is 3.35. The van der Waals surface area contributed by atoms with E-state index in [9.17, 15) is 38.4 Å². The molecule has 0 saturated carbocycles. The van der Waals surface area contributed by atoms with Gasteiger partial charge in [0.25, 0.3) is 17.7 Å². The zero-order valence-corrected chi connectivity index (χ0v) is 46.5. The van der Waals surface area contributed by atoms with Gasteiger partial charge in [0.1, 0.15) is 24.2 Å². The van der Waals surface area contributed by atoms with E-state index in [4.69, 9.17) is 23.8 Å². The summed E-state index contributed by atoms with van der Waals surface area (Å²) in [6, 6.07) is 12.6. The minimum absolute atomic E-state index is 0.0252. The molecule has 0 spiro atoms. The number of hydrogen-bond donors (Lipinski definition) is 1. The monoisotopic (exact) mass is 1050 g/mol. The maximum Gasteiger partial charge on any atom is 0.433 e. The lowest BCUT2D eigenvalue weighted by Gasteiger charge is -2.36. The summed E-state index contributed by atoms with van der Waals surface area (Å²) in [4.78, 5) is 125. The van der Waals surface area contributed by atoms with E-state index in [2.05, 4.69) is 17.1 Å². The van der Waals surface area contributed by atoms with Gasteiger partial charge < -0.3 is 43.9 Å². The summed E-state index contributed by atoms with van der Waals surface area (Å²) in [6.45, 7) is 21.2. The molecule has 1 saturated heterocycles. The zero-order chi connectivity index (χ0) is 56.3. The van der Waals surface area contributed by atoms with Crippen LogP contribution in [0.4, 0.5) is 4.79 Å². The van der Waals surface area contributed by atoms with E-state index in [0.29, 0.717) is 11.1 Å². The summed E-state index contributed by atoms with van der Waals surface area (Å²) < 4.78 is 24.3. The zero-order valence-electron chi connectivity index (χ0n) is 46.5. The molecule has 2 aromatic carbocycles. The number of esters is 4. The molecule has 0 radical (unpaired) electrons. The fraction of sp³-hybridized carbons (Fsp3) is 0.589. The first kappa shape index (κ1) is 62.5. The normalized spacial score (nSPS) is 24.3. The Morgan fingerprint density at radius 1 is 0.547 bits per heavy atom. The second kappa shape index (κ2) is 29.9. The number of carbonyl (C=O) groups is 8. The van der Waals surface area contributed by atoms with Crippen molar-refractivity contribution < 1.29 is 62.1 Å². The van der Waals surface area contributed by atoms with Crippen molar-refractivity contribution in [3.05, 3.63) is 84.4 Å². The Labute approximate surface area is 443 Å². The van der Waals surface area contributed by atoms with Gasteiger partial charge in [0, 0.05) is 47.6 Å². The Bertz CT molecular complexity index is 2270. The van der Waals surface area contributed by atoms with Gasteiger partial charge >= 0.3 is 30.0 Å². The second-order valence-corrected chi connectivity index (χ2v) is 20.9. The van der Waals surface area contributed by atoms with Crippen molar-refractivity contribution >= 4 is 53.5 Å². The van der Waals surface area contributed by atoms with Crippen LogP contribution in [-0.2, 0) is 70.2 Å². The van der Waals surface area contributed by atoms with Crippen LogP contribution >= 0.6 is 0 Å². The van der Waals surface area contributed by atoms with Crippen LogP contribution in [0.25, 0.3) is 0 Å². The highest BCUT2D eigenvalue weighted by atomic mass is 16.7. The Hall–Kier alpha value is -6.79. The summed E-state index contributed by atoms with van der Waals surface area (Å²) in [6.07, 6.45) is -5.29. The number of hydrogen-bond acceptors (Lipinski definition) is 14. The van der Waals surface area contributed by atoms with Gasteiger partial charge in [-0.15, -0.1) is 6.58 Å². The first-order valence-electron chi connectivity index (χ1n) is 25.8. The minimum Gasteiger partial charge on any atom is -0.453 e. The van der Waals surface area contributed by atoms with Crippen molar-refractivity contribution in [2.24, 2.45) is 28.8 Å². The second-order valence-electron chi connectivity index (χ2n) is 20.9. The number of benzene rings is 2. The number of amidine groups is 1. The molecule has 1 unspecified atom stereocenters. The van der Waals surface area contributed by atoms with E-state index < -0.39 is 96.3 Å². The van der Waals surface area contributed by atoms with Crippen LogP contribution in [0.1, 0.15) is 106 Å². The molecule has 1 N–H and O–H groups in total. The molecule has 8 atom stereocenters. The van der Waals surface area contributed by atoms with Crippen molar-refractivity contribution in [3.8, 4) is 0 Å². The Kier molecular flexibility index (Phi) is 24.9. The number of rotatable bonds is 15. The van der Waals surface area contributed by atoms with E-state index in [1.807, 2.05) is 55.4 Å². The van der Waals surface area contributed by atoms with Gasteiger partial charge in [-0.2, -0.15) is 0 Å². The maximum atomic E-state index is 14.9. The lowest BCUT2D eigenvalue weighted by atomic mass is 10.00. The van der Waals surface area contributed by atoms with Crippen molar-refractivity contribution in [2.75, 3.05) is 34.7 Å². The molecule has 0 bridgehead atoms. The maximum absolute atomic E-state index is 14.9. The summed E-state index contributed by atoms with van der Waals surface area (Å²) in [5.74, 6) is -6.81. The molecule has 1 heterocycles. The quantitative estimate of drug-likeness (QED) is 0.0675. The van der Waals surface area contributed by atoms with E-state index >= 15 is 0 Å². The molecule has 0 aliphatic carbocycles. The van der Waals surface area contributed by atoms with E-state index in [0.717, 1.165) is 14.7 Å². The number of ether oxygens (including phenoxy) is 4. The third-order valence-corrected chi connectivity index (χ3v) is 12.6. The molecule has 19 heteroatoms. The fourth-order valence-corrected chi connectivity index (χ4v) is 8.56. The number of likely N-dealkylation sites (N-methyl/N-ethyl adjacent to an activating group) is 4. The highest BCUT2D eigenvalue weighted by molar-refractivity contribution is 5.95. The van der Waals surface area contributed by atoms with Gasteiger partial charge in [-0.3, -0.25) is 19.2 Å². The highest BCUT2D eigenvalue weighted by Crippen LogP contribution is 2.24. The van der Waals surface area contributed by atoms with Crippen LogP contribution in [0, 0.1) is 23.7 Å². The predicted octanol–water partition coefficient (Wildman–Crippen LogP) is 6.36. The van der Waals surface area contributed by atoms with Gasteiger partial charge in [-0.1, -0.05) is 127 Å². The molecule has 1 fully saturated rings. The SMILES string of the molecule is C=CCNC(=O)O/N=C1\[C@@H](C)OC(=O)[C@H](CC(C)C)N(C)C(=O)[C@@H](Cc2ccccc2)OC(=O)[C@H](CC(C)C)N(C)C(=O)[C@@H](C)OC(=O)C(CC(C)C)N(C)C(=O)[C@@H](Cc2ccccc2)OC(=O)[C@H](CC(C)C)N1C. The van der Waals surface area contributed by atoms with Crippen molar-refractivity contribution in [2.45, 2.75) is 156 Å². The number of carbonyl (C=O) groups excluding carboxylic acids is 8. The number of amides is 4. The Morgan fingerprint density at radius 2 is 0.880 bits per heavy atom. The Morgan fingerprint density at radius 3 is 1.24 bits per heavy atom. The van der Waals surface area contributed by atoms with E-state index in [1.165, 1.54) is 53.0 Å². The number of oxime groups is 1. The highest BCUT2D eigenvalue weighted by Gasteiger charge is 2.43. The van der Waals surface area contributed by atoms with Gasteiger partial charge in [-0.05, 0) is 74.3 Å². The summed E-state index contributed by atoms with van der Waals surface area (Å²) >= 11 is 0. The Balaban J connectivity index is 2.36. The van der Waals surface area contributed by atoms with Crippen LogP contribution < -0.4 is 5.32 Å². The molecule has 19 nitrogen and oxygen atoms in total. The molecule has 2 aromatic rings. The third kappa shape index (κ3) is 19.1. The molecule has 4 amide bonds. The van der Waals surface area contributed by atoms with Crippen molar-refractivity contribution in [1.29, 1.82) is 0 Å². The van der Waals surface area contributed by atoms with Crippen molar-refractivity contribution in [1.82, 2.24) is 24.9 Å². The summed E-state index contributed by atoms with van der Waals surface area (Å²) in [5, 5.41) is 6.58. The summed E-state index contributed by atoms with van der Waals surface area (Å²) in [7, 11) is 5.64. The smallest absolute Gasteiger partial charge is 0.433 e. The van der Waals surface area contributed by atoms with Gasteiger partial charge in [0.05, 0.1) is 0 Å². The van der Waals surface area contributed by atoms with E-state index in [-0.39, 0.29) is 74.6 Å². The van der Waals surface area contributed by atoms with Gasteiger partial charge in [0.15, 0.2) is 30.3 Å². The molecule has 75 heavy (non-hydrogen) atoms. The van der Waals surface area contributed by atoms with E-state index in [1.54, 1.807) is 60.7 Å². The van der Waals surface area contributed by atoms with Crippen molar-refractivity contribution in [3.63, 3.8) is 0 Å². The lowest BCUT2D eigenvalue weighted by Crippen LogP contribution is -2.55. The predicted molar refractivity (Wildman–Crippen MR) is 282 cm³/mol. The molecule has 3 rings (SSSR count). The molecule has 414 valence electrons. The lowest BCUT2D eigenvalue weighted by molar-refractivity contribution is -0.174.